The first-order valence-corrected chi connectivity index (χ1v) is 10.5. The Balaban J connectivity index is 1.56. The van der Waals surface area contributed by atoms with Crippen LogP contribution in [0.25, 0.3) is 0 Å². The summed E-state index contributed by atoms with van der Waals surface area (Å²) in [4.78, 5) is 13.9. The molecular formula is C22H34N6. The lowest BCUT2D eigenvalue weighted by atomic mass is 9.93. The Labute approximate surface area is 169 Å². The van der Waals surface area contributed by atoms with Crippen LogP contribution in [0, 0.1) is 5.92 Å². The molecule has 0 aliphatic carbocycles. The lowest BCUT2D eigenvalue weighted by Crippen LogP contribution is -2.49. The summed E-state index contributed by atoms with van der Waals surface area (Å²) in [7, 11) is 2.14. The Bertz CT molecular complexity index is 712. The number of anilines is 1. The van der Waals surface area contributed by atoms with Crippen LogP contribution in [0.1, 0.15) is 32.7 Å². The highest BCUT2D eigenvalue weighted by Crippen LogP contribution is 2.27. The monoisotopic (exact) mass is 382 g/mol. The van der Waals surface area contributed by atoms with Crippen molar-refractivity contribution >= 4 is 11.6 Å². The molecule has 1 N–H and O–H groups in total. The van der Waals surface area contributed by atoms with Crippen LogP contribution in [-0.4, -0.2) is 60.2 Å². The van der Waals surface area contributed by atoms with Crippen LogP contribution >= 0.6 is 0 Å². The van der Waals surface area contributed by atoms with Crippen molar-refractivity contribution in [3.8, 4) is 0 Å². The fourth-order valence-corrected chi connectivity index (χ4v) is 3.83. The highest BCUT2D eigenvalue weighted by atomic mass is 15.3. The van der Waals surface area contributed by atoms with E-state index in [1.54, 1.807) is 0 Å². The molecule has 28 heavy (non-hydrogen) atoms. The quantitative estimate of drug-likeness (QED) is 0.454. The third kappa shape index (κ3) is 5.27. The van der Waals surface area contributed by atoms with E-state index in [4.69, 9.17) is 4.99 Å². The van der Waals surface area contributed by atoms with E-state index in [-0.39, 0.29) is 0 Å². The van der Waals surface area contributed by atoms with Gasteiger partial charge in [-0.2, -0.15) is 0 Å². The fraction of sp³-hybridized carbons (Fsp3) is 0.545. The second-order valence-corrected chi connectivity index (χ2v) is 7.64. The molecule has 152 valence electrons. The minimum Gasteiger partial charge on any atom is -0.375 e. The zero-order valence-electron chi connectivity index (χ0n) is 17.5. The molecule has 1 saturated heterocycles. The SMILES string of the molecule is CCNC(=NCCCN(C)c1ccccc1)N1CCC(C)C(n2ccnc2)C1. The van der Waals surface area contributed by atoms with Crippen molar-refractivity contribution in [2.75, 3.05) is 44.7 Å². The predicted octanol–water partition coefficient (Wildman–Crippen LogP) is 3.26. The molecule has 0 radical (unpaired) electrons. The summed E-state index contributed by atoms with van der Waals surface area (Å²) in [6, 6.07) is 11.0. The smallest absolute Gasteiger partial charge is 0.193 e. The number of aromatic nitrogens is 2. The maximum Gasteiger partial charge on any atom is 0.193 e. The first-order chi connectivity index (χ1) is 13.7. The standard InChI is InChI=1S/C22H34N6/c1-4-24-22(25-12-8-14-26(3)20-9-6-5-7-10-20)27-15-11-19(2)21(17-27)28-16-13-23-18-28/h5-7,9-10,13,16,18-19,21H,4,8,11-12,14-15,17H2,1-3H3,(H,24,25). The van der Waals surface area contributed by atoms with Crippen LogP contribution in [0.4, 0.5) is 5.69 Å². The van der Waals surface area contributed by atoms with Gasteiger partial charge in [0.1, 0.15) is 0 Å². The first kappa shape index (κ1) is 20.2. The minimum absolute atomic E-state index is 0.448. The molecule has 2 atom stereocenters. The number of hydrogen-bond donors (Lipinski definition) is 1. The van der Waals surface area contributed by atoms with Gasteiger partial charge in [-0.3, -0.25) is 4.99 Å². The van der Waals surface area contributed by atoms with Gasteiger partial charge in [-0.05, 0) is 37.8 Å². The molecule has 0 bridgehead atoms. The van der Waals surface area contributed by atoms with Gasteiger partial charge in [-0.25, -0.2) is 4.98 Å². The number of guanidine groups is 1. The molecule has 6 nitrogen and oxygen atoms in total. The van der Waals surface area contributed by atoms with E-state index in [0.29, 0.717) is 12.0 Å². The van der Waals surface area contributed by atoms with E-state index in [0.717, 1.165) is 45.1 Å². The van der Waals surface area contributed by atoms with Crippen molar-refractivity contribution in [1.29, 1.82) is 0 Å². The molecule has 2 unspecified atom stereocenters. The van der Waals surface area contributed by atoms with Gasteiger partial charge < -0.3 is 19.7 Å². The average molecular weight is 383 g/mol. The summed E-state index contributed by atoms with van der Waals surface area (Å²) < 4.78 is 2.25. The maximum atomic E-state index is 4.92. The van der Waals surface area contributed by atoms with Crippen LogP contribution in [-0.2, 0) is 0 Å². The number of nitrogens with one attached hydrogen (secondary N) is 1. The summed E-state index contributed by atoms with van der Waals surface area (Å²) in [6.07, 6.45) is 8.09. The van der Waals surface area contributed by atoms with E-state index in [1.807, 2.05) is 12.5 Å². The van der Waals surface area contributed by atoms with Crippen LogP contribution < -0.4 is 10.2 Å². The van der Waals surface area contributed by atoms with E-state index >= 15 is 0 Å². The molecular weight excluding hydrogens is 348 g/mol. The fourth-order valence-electron chi connectivity index (χ4n) is 3.83. The number of imidazole rings is 1. The molecule has 3 rings (SSSR count). The second kappa shape index (κ2) is 10.2. The van der Waals surface area contributed by atoms with E-state index in [2.05, 4.69) is 82.1 Å². The number of hydrogen-bond acceptors (Lipinski definition) is 3. The third-order valence-corrected chi connectivity index (χ3v) is 5.57. The number of benzene rings is 1. The van der Waals surface area contributed by atoms with Gasteiger partial charge in [0, 0.05) is 57.9 Å². The maximum absolute atomic E-state index is 4.92. The van der Waals surface area contributed by atoms with Gasteiger partial charge in [0.2, 0.25) is 0 Å². The number of para-hydroxylation sites is 1. The zero-order chi connectivity index (χ0) is 19.8. The number of piperidine rings is 1. The molecule has 1 fully saturated rings. The van der Waals surface area contributed by atoms with Crippen molar-refractivity contribution in [3.63, 3.8) is 0 Å². The number of nitrogens with zero attached hydrogens (tertiary/aromatic N) is 5. The number of likely N-dealkylation sites (tertiary alicyclic amines) is 1. The number of aliphatic imine (C=N–C) groups is 1. The lowest BCUT2D eigenvalue weighted by Gasteiger charge is -2.39. The third-order valence-electron chi connectivity index (χ3n) is 5.57. The van der Waals surface area contributed by atoms with Gasteiger partial charge in [-0.15, -0.1) is 0 Å². The highest BCUT2D eigenvalue weighted by Gasteiger charge is 2.28. The van der Waals surface area contributed by atoms with Crippen molar-refractivity contribution < 1.29 is 0 Å². The molecule has 1 aromatic carbocycles. The van der Waals surface area contributed by atoms with Crippen LogP contribution in [0.15, 0.2) is 54.0 Å². The number of rotatable bonds is 7. The Kier molecular flexibility index (Phi) is 7.34. The van der Waals surface area contributed by atoms with Crippen LogP contribution in [0.3, 0.4) is 0 Å². The predicted molar refractivity (Wildman–Crippen MR) is 117 cm³/mol. The molecule has 2 aromatic rings. The molecule has 1 aliphatic heterocycles. The zero-order valence-corrected chi connectivity index (χ0v) is 17.5. The Morgan fingerprint density at radius 3 is 2.86 bits per heavy atom. The second-order valence-electron chi connectivity index (χ2n) is 7.64. The van der Waals surface area contributed by atoms with Gasteiger partial charge in [-0.1, -0.05) is 25.1 Å². The molecule has 0 saturated carbocycles. The first-order valence-electron chi connectivity index (χ1n) is 10.5. The van der Waals surface area contributed by atoms with Crippen LogP contribution in [0.2, 0.25) is 0 Å². The van der Waals surface area contributed by atoms with Gasteiger partial charge in [0.05, 0.1) is 12.4 Å². The van der Waals surface area contributed by atoms with Crippen molar-refractivity contribution in [1.82, 2.24) is 19.8 Å². The molecule has 0 amide bonds. The highest BCUT2D eigenvalue weighted by molar-refractivity contribution is 5.80. The summed E-state index contributed by atoms with van der Waals surface area (Å²) >= 11 is 0. The van der Waals surface area contributed by atoms with Crippen molar-refractivity contribution in [2.45, 2.75) is 32.7 Å². The van der Waals surface area contributed by atoms with Gasteiger partial charge in [0.15, 0.2) is 5.96 Å². The average Bonchev–Trinajstić information content (AvgIpc) is 3.26. The molecule has 1 aromatic heterocycles. The van der Waals surface area contributed by atoms with Crippen molar-refractivity contribution in [2.24, 2.45) is 10.9 Å². The van der Waals surface area contributed by atoms with E-state index in [1.165, 1.54) is 12.1 Å². The van der Waals surface area contributed by atoms with Crippen LogP contribution in [0.5, 0.6) is 0 Å². The largest absolute Gasteiger partial charge is 0.375 e. The van der Waals surface area contributed by atoms with Gasteiger partial charge in [0.25, 0.3) is 0 Å². The molecule has 0 spiro atoms. The summed E-state index contributed by atoms with van der Waals surface area (Å²) in [5.74, 6) is 1.69. The van der Waals surface area contributed by atoms with E-state index < -0.39 is 0 Å². The molecule has 1 aliphatic rings. The Morgan fingerprint density at radius 2 is 2.14 bits per heavy atom. The van der Waals surface area contributed by atoms with Crippen molar-refractivity contribution in [3.05, 3.63) is 49.1 Å². The molecule has 6 heteroatoms. The van der Waals surface area contributed by atoms with Gasteiger partial charge >= 0.3 is 0 Å². The Morgan fingerprint density at radius 1 is 1.32 bits per heavy atom. The minimum atomic E-state index is 0.448. The lowest BCUT2D eigenvalue weighted by molar-refractivity contribution is 0.189. The summed E-state index contributed by atoms with van der Waals surface area (Å²) in [5, 5.41) is 3.49. The Hall–Kier alpha value is -2.50. The summed E-state index contributed by atoms with van der Waals surface area (Å²) in [6.45, 7) is 9.24. The summed E-state index contributed by atoms with van der Waals surface area (Å²) in [5.41, 5.74) is 1.26. The topological polar surface area (TPSA) is 48.7 Å². The normalized spacial score (nSPS) is 20.2. The molecule has 2 heterocycles. The van der Waals surface area contributed by atoms with E-state index in [9.17, 15) is 0 Å².